The molecule has 0 aliphatic rings. The first-order valence-corrected chi connectivity index (χ1v) is 5.67. The van der Waals surface area contributed by atoms with Gasteiger partial charge in [-0.2, -0.15) is 5.26 Å². The predicted octanol–water partition coefficient (Wildman–Crippen LogP) is 2.83. The molecule has 0 unspecified atom stereocenters. The number of rotatable bonds is 1. The molecule has 0 saturated heterocycles. The van der Waals surface area contributed by atoms with Gasteiger partial charge in [0.1, 0.15) is 16.9 Å². The van der Waals surface area contributed by atoms with Crippen molar-refractivity contribution in [3.63, 3.8) is 0 Å². The Bertz CT molecular complexity index is 887. The maximum atomic E-state index is 12.4. The van der Waals surface area contributed by atoms with Gasteiger partial charge in [0.2, 0.25) is 5.43 Å². The maximum Gasteiger partial charge on any atom is 0.200 e. The summed E-state index contributed by atoms with van der Waals surface area (Å²) in [5.41, 5.74) is 1.25. The Morgan fingerprint density at radius 1 is 1.11 bits per heavy atom. The lowest BCUT2D eigenvalue weighted by atomic mass is 10.1. The monoisotopic (exact) mass is 251 g/mol. The number of fused-ring (bicyclic) bond motifs is 2. The molecular weight excluding hydrogens is 242 g/mol. The molecule has 2 aromatic carbocycles. The fraction of sp³-hybridized carbons (Fsp3) is 0.0667. The molecule has 0 radical (unpaired) electrons. The second kappa shape index (κ2) is 4.14. The summed E-state index contributed by atoms with van der Waals surface area (Å²) in [5.74, 6) is 0.593. The topological polar surface area (TPSA) is 63.2 Å². The molecule has 0 aliphatic carbocycles. The van der Waals surface area contributed by atoms with Crippen molar-refractivity contribution in [1.29, 1.82) is 5.26 Å². The summed E-state index contributed by atoms with van der Waals surface area (Å²) in [5, 5.41) is 9.73. The molecule has 4 heteroatoms. The van der Waals surface area contributed by atoms with Crippen molar-refractivity contribution in [3.05, 3.63) is 52.2 Å². The highest BCUT2D eigenvalue weighted by atomic mass is 16.5. The Labute approximate surface area is 108 Å². The van der Waals surface area contributed by atoms with Crippen LogP contribution in [0.5, 0.6) is 5.75 Å². The Kier molecular flexibility index (Phi) is 2.46. The minimum atomic E-state index is -0.160. The van der Waals surface area contributed by atoms with E-state index >= 15 is 0 Å². The Balaban J connectivity index is 2.47. The van der Waals surface area contributed by atoms with Gasteiger partial charge in [-0.15, -0.1) is 0 Å². The fourth-order valence-electron chi connectivity index (χ4n) is 2.03. The molecule has 3 rings (SSSR count). The second-order valence-electron chi connectivity index (χ2n) is 4.12. The zero-order valence-corrected chi connectivity index (χ0v) is 10.1. The average molecular weight is 251 g/mol. The molecule has 0 aliphatic heterocycles. The molecule has 0 saturated carbocycles. The third-order valence-corrected chi connectivity index (χ3v) is 3.00. The molecule has 0 spiro atoms. The third-order valence-electron chi connectivity index (χ3n) is 3.00. The van der Waals surface area contributed by atoms with Gasteiger partial charge in [-0.1, -0.05) is 0 Å². The highest BCUT2D eigenvalue weighted by Gasteiger charge is 2.09. The lowest BCUT2D eigenvalue weighted by molar-refractivity contribution is 0.415. The predicted molar refractivity (Wildman–Crippen MR) is 71.3 cm³/mol. The number of hydrogen-bond donors (Lipinski definition) is 0. The highest BCUT2D eigenvalue weighted by Crippen LogP contribution is 2.22. The first-order valence-electron chi connectivity index (χ1n) is 5.67. The molecule has 92 valence electrons. The van der Waals surface area contributed by atoms with Crippen molar-refractivity contribution in [2.45, 2.75) is 0 Å². The molecule has 0 N–H and O–H groups in total. The van der Waals surface area contributed by atoms with Gasteiger partial charge in [0.05, 0.1) is 29.5 Å². The molecule has 1 heterocycles. The lowest BCUT2D eigenvalue weighted by Gasteiger charge is -2.03. The van der Waals surface area contributed by atoms with E-state index in [2.05, 4.69) is 0 Å². The summed E-state index contributed by atoms with van der Waals surface area (Å²) in [6.45, 7) is 0. The molecular formula is C15H9NO3. The zero-order chi connectivity index (χ0) is 13.4. The van der Waals surface area contributed by atoms with Gasteiger partial charge in [0, 0.05) is 0 Å². The second-order valence-corrected chi connectivity index (χ2v) is 4.12. The molecule has 0 fully saturated rings. The van der Waals surface area contributed by atoms with E-state index in [4.69, 9.17) is 14.4 Å². The minimum absolute atomic E-state index is 0.160. The van der Waals surface area contributed by atoms with E-state index in [1.807, 2.05) is 6.07 Å². The van der Waals surface area contributed by atoms with E-state index in [9.17, 15) is 4.79 Å². The van der Waals surface area contributed by atoms with Crippen LogP contribution in [0, 0.1) is 11.3 Å². The summed E-state index contributed by atoms with van der Waals surface area (Å²) in [7, 11) is 1.54. The Hall–Kier alpha value is -2.80. The molecule has 1 aromatic heterocycles. The molecule has 0 amide bonds. The molecule has 3 aromatic rings. The SMILES string of the molecule is COc1ccc2oc3ccc(C#N)cc3c(=O)c2c1. The molecule has 4 nitrogen and oxygen atoms in total. The first kappa shape index (κ1) is 11.3. The number of nitrogens with zero attached hydrogens (tertiary/aromatic N) is 1. The largest absolute Gasteiger partial charge is 0.497 e. The summed E-state index contributed by atoms with van der Waals surface area (Å²) >= 11 is 0. The van der Waals surface area contributed by atoms with Gasteiger partial charge >= 0.3 is 0 Å². The zero-order valence-electron chi connectivity index (χ0n) is 10.1. The van der Waals surface area contributed by atoms with Gasteiger partial charge in [0.15, 0.2) is 0 Å². The minimum Gasteiger partial charge on any atom is -0.497 e. The van der Waals surface area contributed by atoms with E-state index in [1.54, 1.807) is 36.4 Å². The number of methoxy groups -OCH3 is 1. The van der Waals surface area contributed by atoms with Crippen molar-refractivity contribution in [3.8, 4) is 11.8 Å². The maximum absolute atomic E-state index is 12.4. The van der Waals surface area contributed by atoms with Gasteiger partial charge in [-0.25, -0.2) is 0 Å². The first-order chi connectivity index (χ1) is 9.22. The van der Waals surface area contributed by atoms with Crippen LogP contribution in [0.25, 0.3) is 21.9 Å². The van der Waals surface area contributed by atoms with Crippen LogP contribution in [0.3, 0.4) is 0 Å². The smallest absolute Gasteiger partial charge is 0.200 e. The van der Waals surface area contributed by atoms with Crippen LogP contribution in [-0.4, -0.2) is 7.11 Å². The van der Waals surface area contributed by atoms with Crippen LogP contribution in [0.2, 0.25) is 0 Å². The van der Waals surface area contributed by atoms with Crippen LogP contribution in [0.1, 0.15) is 5.56 Å². The number of nitriles is 1. The summed E-state index contributed by atoms with van der Waals surface area (Å²) in [6.07, 6.45) is 0. The van der Waals surface area contributed by atoms with E-state index in [-0.39, 0.29) is 5.43 Å². The number of benzene rings is 2. The van der Waals surface area contributed by atoms with Crippen LogP contribution in [-0.2, 0) is 0 Å². The van der Waals surface area contributed by atoms with E-state index < -0.39 is 0 Å². The van der Waals surface area contributed by atoms with Gasteiger partial charge in [-0.3, -0.25) is 4.79 Å². The van der Waals surface area contributed by atoms with Gasteiger partial charge in [0.25, 0.3) is 0 Å². The van der Waals surface area contributed by atoms with Gasteiger partial charge in [-0.05, 0) is 36.4 Å². The quantitative estimate of drug-likeness (QED) is 0.624. The van der Waals surface area contributed by atoms with E-state index in [1.165, 1.54) is 7.11 Å². The van der Waals surface area contributed by atoms with Crippen molar-refractivity contribution in [2.75, 3.05) is 7.11 Å². The number of ether oxygens (including phenoxy) is 1. The molecule has 19 heavy (non-hydrogen) atoms. The number of hydrogen-bond acceptors (Lipinski definition) is 4. The molecule has 0 bridgehead atoms. The van der Waals surface area contributed by atoms with Crippen molar-refractivity contribution < 1.29 is 9.15 Å². The third kappa shape index (κ3) is 1.72. The van der Waals surface area contributed by atoms with Crippen LogP contribution < -0.4 is 10.2 Å². The summed E-state index contributed by atoms with van der Waals surface area (Å²) in [6, 6.07) is 11.9. The van der Waals surface area contributed by atoms with Crippen LogP contribution >= 0.6 is 0 Å². The van der Waals surface area contributed by atoms with Crippen molar-refractivity contribution >= 4 is 21.9 Å². The standard InChI is InChI=1S/C15H9NO3/c1-18-10-3-5-14-12(7-10)15(17)11-6-9(8-16)2-4-13(11)19-14/h2-7H,1H3. The van der Waals surface area contributed by atoms with E-state index in [0.717, 1.165) is 0 Å². The van der Waals surface area contributed by atoms with Gasteiger partial charge < -0.3 is 9.15 Å². The normalized spacial score (nSPS) is 10.5. The van der Waals surface area contributed by atoms with Crippen molar-refractivity contribution in [2.24, 2.45) is 0 Å². The highest BCUT2D eigenvalue weighted by molar-refractivity contribution is 5.90. The Morgan fingerprint density at radius 2 is 1.79 bits per heavy atom. The van der Waals surface area contributed by atoms with E-state index in [0.29, 0.717) is 33.3 Å². The van der Waals surface area contributed by atoms with Crippen LogP contribution in [0.15, 0.2) is 45.6 Å². The van der Waals surface area contributed by atoms with Crippen molar-refractivity contribution in [1.82, 2.24) is 0 Å². The average Bonchev–Trinajstić information content (AvgIpc) is 2.47. The fourth-order valence-corrected chi connectivity index (χ4v) is 2.03. The summed E-state index contributed by atoms with van der Waals surface area (Å²) < 4.78 is 10.8. The van der Waals surface area contributed by atoms with Crippen LogP contribution in [0.4, 0.5) is 0 Å². The molecule has 0 atom stereocenters. The summed E-state index contributed by atoms with van der Waals surface area (Å²) in [4.78, 5) is 12.4. The Morgan fingerprint density at radius 3 is 2.47 bits per heavy atom. The lowest BCUT2D eigenvalue weighted by Crippen LogP contribution is -2.02.